The molecule has 6 nitrogen and oxygen atoms in total. The monoisotopic (exact) mass is 550 g/mol. The molecule has 174 valence electrons. The van der Waals surface area contributed by atoms with Crippen molar-refractivity contribution in [1.29, 1.82) is 0 Å². The molecule has 2 aromatic carbocycles. The Labute approximate surface area is 208 Å². The second kappa shape index (κ2) is 13.3. The minimum absolute atomic E-state index is 0. The smallest absolute Gasteiger partial charge is 0.251 e. The molecule has 32 heavy (non-hydrogen) atoms. The maximum absolute atomic E-state index is 11.8. The van der Waals surface area contributed by atoms with Gasteiger partial charge in [-0.15, -0.1) is 24.0 Å². The molecule has 0 atom stereocenters. The Balaban J connectivity index is 0.00000363. The van der Waals surface area contributed by atoms with Crippen LogP contribution in [0.5, 0.6) is 5.75 Å². The third kappa shape index (κ3) is 8.33. The Bertz CT molecular complexity index is 913. The van der Waals surface area contributed by atoms with Gasteiger partial charge in [0.25, 0.3) is 5.91 Å². The normalized spacial score (nSPS) is 13.2. The van der Waals surface area contributed by atoms with E-state index in [9.17, 15) is 4.79 Å². The molecule has 7 heteroatoms. The SMILES string of the molecule is CCNC(=NCc1ccc(C)cc1OCC1CC1)NCCc1cccc(C(=O)NC)c1.I. The lowest BCUT2D eigenvalue weighted by atomic mass is 10.1. The van der Waals surface area contributed by atoms with Crippen LogP contribution in [0.15, 0.2) is 47.5 Å². The molecule has 1 fully saturated rings. The van der Waals surface area contributed by atoms with Gasteiger partial charge in [0.1, 0.15) is 5.75 Å². The first-order chi connectivity index (χ1) is 15.1. The molecule has 0 radical (unpaired) electrons. The van der Waals surface area contributed by atoms with Crippen LogP contribution in [0.2, 0.25) is 0 Å². The highest BCUT2D eigenvalue weighted by Crippen LogP contribution is 2.30. The van der Waals surface area contributed by atoms with Crippen molar-refractivity contribution in [2.75, 3.05) is 26.7 Å². The van der Waals surface area contributed by atoms with Crippen molar-refractivity contribution >= 4 is 35.8 Å². The molecule has 2 aromatic rings. The summed E-state index contributed by atoms with van der Waals surface area (Å²) in [6.07, 6.45) is 3.36. The number of hydrogen-bond acceptors (Lipinski definition) is 3. The Morgan fingerprint density at radius 1 is 1.16 bits per heavy atom. The topological polar surface area (TPSA) is 74.8 Å². The highest BCUT2D eigenvalue weighted by Gasteiger charge is 2.22. The summed E-state index contributed by atoms with van der Waals surface area (Å²) in [5, 5.41) is 9.36. The molecule has 0 aromatic heterocycles. The zero-order valence-electron chi connectivity index (χ0n) is 19.2. The number of carbonyl (C=O) groups excluding carboxylic acids is 1. The van der Waals surface area contributed by atoms with E-state index in [1.165, 1.54) is 18.4 Å². The summed E-state index contributed by atoms with van der Waals surface area (Å²) in [7, 11) is 1.65. The van der Waals surface area contributed by atoms with E-state index >= 15 is 0 Å². The number of nitrogens with zero attached hydrogens (tertiary/aromatic N) is 1. The minimum Gasteiger partial charge on any atom is -0.493 e. The Hall–Kier alpha value is -2.29. The summed E-state index contributed by atoms with van der Waals surface area (Å²) in [6.45, 7) is 7.01. The van der Waals surface area contributed by atoms with Gasteiger partial charge in [0.2, 0.25) is 0 Å². The van der Waals surface area contributed by atoms with E-state index in [1.54, 1.807) is 7.05 Å². The molecular weight excluding hydrogens is 515 g/mol. The van der Waals surface area contributed by atoms with Crippen molar-refractivity contribution in [2.45, 2.75) is 39.7 Å². The largest absolute Gasteiger partial charge is 0.493 e. The molecule has 0 heterocycles. The number of hydrogen-bond donors (Lipinski definition) is 3. The quantitative estimate of drug-likeness (QED) is 0.237. The van der Waals surface area contributed by atoms with Crippen LogP contribution in [0.3, 0.4) is 0 Å². The molecule has 1 aliphatic carbocycles. The Kier molecular flexibility index (Phi) is 10.8. The zero-order valence-corrected chi connectivity index (χ0v) is 21.6. The molecule has 1 amide bonds. The van der Waals surface area contributed by atoms with Crippen LogP contribution in [0.4, 0.5) is 0 Å². The maximum atomic E-state index is 11.8. The summed E-state index contributed by atoms with van der Waals surface area (Å²) < 4.78 is 6.07. The van der Waals surface area contributed by atoms with Crippen LogP contribution in [0, 0.1) is 12.8 Å². The lowest BCUT2D eigenvalue weighted by Crippen LogP contribution is -2.38. The summed E-state index contributed by atoms with van der Waals surface area (Å²) in [4.78, 5) is 16.6. The second-order valence-corrected chi connectivity index (χ2v) is 8.02. The first-order valence-corrected chi connectivity index (χ1v) is 11.1. The van der Waals surface area contributed by atoms with Gasteiger partial charge in [-0.3, -0.25) is 4.79 Å². The van der Waals surface area contributed by atoms with Gasteiger partial charge in [0.05, 0.1) is 13.2 Å². The molecule has 1 saturated carbocycles. The lowest BCUT2D eigenvalue weighted by Gasteiger charge is -2.14. The summed E-state index contributed by atoms with van der Waals surface area (Å²) >= 11 is 0. The molecule has 0 bridgehead atoms. The molecule has 0 aliphatic heterocycles. The van der Waals surface area contributed by atoms with Gasteiger partial charge in [-0.05, 0) is 68.4 Å². The van der Waals surface area contributed by atoms with E-state index in [2.05, 4.69) is 48.0 Å². The molecule has 3 rings (SSSR count). The van der Waals surface area contributed by atoms with Crippen LogP contribution in [-0.2, 0) is 13.0 Å². The zero-order chi connectivity index (χ0) is 22.1. The predicted octanol–water partition coefficient (Wildman–Crippen LogP) is 4.06. The number of rotatable bonds is 10. The molecule has 0 saturated heterocycles. The third-order valence-electron chi connectivity index (χ3n) is 5.27. The number of aliphatic imine (C=N–C) groups is 1. The lowest BCUT2D eigenvalue weighted by molar-refractivity contribution is 0.0963. The van der Waals surface area contributed by atoms with E-state index in [0.29, 0.717) is 12.1 Å². The number of aryl methyl sites for hydroxylation is 1. The highest BCUT2D eigenvalue weighted by atomic mass is 127. The molecule has 0 unspecified atom stereocenters. The van der Waals surface area contributed by atoms with E-state index in [4.69, 9.17) is 9.73 Å². The minimum atomic E-state index is -0.0671. The number of nitrogens with one attached hydrogen (secondary N) is 3. The number of benzene rings is 2. The maximum Gasteiger partial charge on any atom is 0.251 e. The van der Waals surface area contributed by atoms with Crippen molar-refractivity contribution in [3.05, 3.63) is 64.7 Å². The van der Waals surface area contributed by atoms with Gasteiger partial charge in [-0.1, -0.05) is 24.3 Å². The van der Waals surface area contributed by atoms with E-state index in [1.807, 2.05) is 24.3 Å². The average Bonchev–Trinajstić information content (AvgIpc) is 3.61. The number of guanidine groups is 1. The van der Waals surface area contributed by atoms with Crippen molar-refractivity contribution in [3.8, 4) is 5.75 Å². The Morgan fingerprint density at radius 2 is 1.97 bits per heavy atom. The van der Waals surface area contributed by atoms with Gasteiger partial charge in [0, 0.05) is 31.3 Å². The first kappa shape index (κ1) is 26.0. The first-order valence-electron chi connectivity index (χ1n) is 11.1. The highest BCUT2D eigenvalue weighted by molar-refractivity contribution is 14.0. The van der Waals surface area contributed by atoms with Crippen LogP contribution < -0.4 is 20.7 Å². The van der Waals surface area contributed by atoms with Crippen LogP contribution in [0.1, 0.15) is 46.8 Å². The van der Waals surface area contributed by atoms with Gasteiger partial charge in [-0.2, -0.15) is 0 Å². The number of carbonyl (C=O) groups is 1. The van der Waals surface area contributed by atoms with Gasteiger partial charge < -0.3 is 20.7 Å². The van der Waals surface area contributed by atoms with Crippen LogP contribution in [-0.4, -0.2) is 38.6 Å². The van der Waals surface area contributed by atoms with Gasteiger partial charge in [0.15, 0.2) is 5.96 Å². The number of halogens is 1. The molecule has 0 spiro atoms. The third-order valence-corrected chi connectivity index (χ3v) is 5.27. The van der Waals surface area contributed by atoms with Crippen molar-refractivity contribution in [1.82, 2.24) is 16.0 Å². The fourth-order valence-corrected chi connectivity index (χ4v) is 3.26. The average molecular weight is 550 g/mol. The summed E-state index contributed by atoms with van der Waals surface area (Å²) in [6, 6.07) is 14.0. The fourth-order valence-electron chi connectivity index (χ4n) is 3.26. The van der Waals surface area contributed by atoms with E-state index < -0.39 is 0 Å². The van der Waals surface area contributed by atoms with Gasteiger partial charge >= 0.3 is 0 Å². The Morgan fingerprint density at radius 3 is 2.69 bits per heavy atom. The number of ether oxygens (including phenoxy) is 1. The number of amides is 1. The summed E-state index contributed by atoms with van der Waals surface area (Å²) in [5.41, 5.74) is 4.08. The molecule has 3 N–H and O–H groups in total. The van der Waals surface area contributed by atoms with E-state index in [-0.39, 0.29) is 29.9 Å². The van der Waals surface area contributed by atoms with Gasteiger partial charge in [-0.25, -0.2) is 4.99 Å². The summed E-state index contributed by atoms with van der Waals surface area (Å²) in [5.74, 6) is 2.37. The second-order valence-electron chi connectivity index (χ2n) is 8.02. The fraction of sp³-hybridized carbons (Fsp3) is 0.440. The molecular formula is C25H35IN4O2. The standard InChI is InChI=1S/C25H34N4O2.HI/c1-4-27-25(28-13-12-19-6-5-7-21(15-19)24(30)26-3)29-16-22-11-8-18(2)14-23(22)31-17-20-9-10-20;/h5-8,11,14-15,20H,4,9-10,12-13,16-17H2,1-3H3,(H,26,30)(H2,27,28,29);1H. The van der Waals surface area contributed by atoms with Crippen LogP contribution >= 0.6 is 24.0 Å². The van der Waals surface area contributed by atoms with Crippen molar-refractivity contribution in [2.24, 2.45) is 10.9 Å². The predicted molar refractivity (Wildman–Crippen MR) is 141 cm³/mol. The molecule has 1 aliphatic rings. The van der Waals surface area contributed by atoms with Crippen molar-refractivity contribution < 1.29 is 9.53 Å². The van der Waals surface area contributed by atoms with Crippen LogP contribution in [0.25, 0.3) is 0 Å². The van der Waals surface area contributed by atoms with E-state index in [0.717, 1.165) is 54.9 Å². The van der Waals surface area contributed by atoms with Crippen molar-refractivity contribution in [3.63, 3.8) is 0 Å².